The molecular formula is C17H18BrFO3. The van der Waals surface area contributed by atoms with Crippen LogP contribution in [0.25, 0.3) is 0 Å². The molecule has 0 atom stereocenters. The van der Waals surface area contributed by atoms with Crippen LogP contribution in [0.1, 0.15) is 12.0 Å². The molecule has 0 aliphatic heterocycles. The van der Waals surface area contributed by atoms with Crippen LogP contribution in [0, 0.1) is 5.82 Å². The second-order valence-corrected chi connectivity index (χ2v) is 5.56. The van der Waals surface area contributed by atoms with Gasteiger partial charge in [0.05, 0.1) is 26.9 Å². The molecule has 0 bridgehead atoms. The Morgan fingerprint density at radius 1 is 1.05 bits per heavy atom. The van der Waals surface area contributed by atoms with Gasteiger partial charge in [0.1, 0.15) is 5.75 Å². The largest absolute Gasteiger partial charge is 0.496 e. The fourth-order valence-electron chi connectivity index (χ4n) is 1.94. The van der Waals surface area contributed by atoms with Gasteiger partial charge in [-0.15, -0.1) is 0 Å². The summed E-state index contributed by atoms with van der Waals surface area (Å²) in [4.78, 5) is 0. The summed E-state index contributed by atoms with van der Waals surface area (Å²) >= 11 is 3.21. The van der Waals surface area contributed by atoms with E-state index in [1.165, 1.54) is 6.07 Å². The van der Waals surface area contributed by atoms with Crippen molar-refractivity contribution < 1.29 is 18.6 Å². The number of benzene rings is 2. The zero-order valence-corrected chi connectivity index (χ0v) is 13.9. The highest BCUT2D eigenvalue weighted by molar-refractivity contribution is 9.10. The minimum absolute atomic E-state index is 0.257. The molecule has 0 aromatic heterocycles. The number of rotatable bonds is 8. The summed E-state index contributed by atoms with van der Waals surface area (Å²) in [6.45, 7) is 1.43. The quantitative estimate of drug-likeness (QED) is 0.638. The van der Waals surface area contributed by atoms with Crippen molar-refractivity contribution in [1.82, 2.24) is 0 Å². The van der Waals surface area contributed by atoms with Crippen LogP contribution in [-0.4, -0.2) is 20.3 Å². The molecule has 0 amide bonds. The standard InChI is InChI=1S/C17H18BrFO3/c1-20-16-6-3-2-5-13(16)12-21-9-4-10-22-17-8-7-14(18)11-15(17)19/h2-3,5-8,11H,4,9-10,12H2,1H3. The van der Waals surface area contributed by atoms with Gasteiger partial charge >= 0.3 is 0 Å². The number of hydrogen-bond acceptors (Lipinski definition) is 3. The Morgan fingerprint density at radius 2 is 1.86 bits per heavy atom. The van der Waals surface area contributed by atoms with Crippen LogP contribution in [0.15, 0.2) is 46.9 Å². The first-order chi connectivity index (χ1) is 10.7. The summed E-state index contributed by atoms with van der Waals surface area (Å²) in [6.07, 6.45) is 0.685. The minimum atomic E-state index is -0.371. The van der Waals surface area contributed by atoms with E-state index < -0.39 is 0 Å². The zero-order chi connectivity index (χ0) is 15.8. The maximum Gasteiger partial charge on any atom is 0.166 e. The molecule has 0 saturated carbocycles. The molecule has 2 rings (SSSR count). The van der Waals surface area contributed by atoms with E-state index in [0.717, 1.165) is 11.3 Å². The molecule has 0 heterocycles. The molecule has 0 aliphatic carbocycles. The zero-order valence-electron chi connectivity index (χ0n) is 12.4. The molecule has 0 unspecified atom stereocenters. The van der Waals surface area contributed by atoms with E-state index in [2.05, 4.69) is 15.9 Å². The minimum Gasteiger partial charge on any atom is -0.496 e. The van der Waals surface area contributed by atoms with Crippen molar-refractivity contribution >= 4 is 15.9 Å². The molecule has 118 valence electrons. The fourth-order valence-corrected chi connectivity index (χ4v) is 2.27. The first-order valence-corrected chi connectivity index (χ1v) is 7.77. The van der Waals surface area contributed by atoms with E-state index in [-0.39, 0.29) is 11.6 Å². The molecule has 0 aliphatic rings. The van der Waals surface area contributed by atoms with E-state index in [1.807, 2.05) is 24.3 Å². The van der Waals surface area contributed by atoms with Gasteiger partial charge in [0.15, 0.2) is 11.6 Å². The Hall–Kier alpha value is -1.59. The Bertz CT molecular complexity index is 604. The third-order valence-electron chi connectivity index (χ3n) is 3.03. The summed E-state index contributed by atoms with van der Waals surface area (Å²) in [7, 11) is 1.64. The van der Waals surface area contributed by atoms with E-state index in [0.29, 0.717) is 30.7 Å². The Labute approximate surface area is 138 Å². The highest BCUT2D eigenvalue weighted by Crippen LogP contribution is 2.21. The smallest absolute Gasteiger partial charge is 0.166 e. The van der Waals surface area contributed by atoms with Gasteiger partial charge in [-0.25, -0.2) is 4.39 Å². The number of para-hydroxylation sites is 1. The van der Waals surface area contributed by atoms with Crippen molar-refractivity contribution in [1.29, 1.82) is 0 Å². The molecule has 0 spiro atoms. The topological polar surface area (TPSA) is 27.7 Å². The maximum absolute atomic E-state index is 13.5. The van der Waals surface area contributed by atoms with E-state index in [1.54, 1.807) is 19.2 Å². The molecule has 2 aromatic carbocycles. The van der Waals surface area contributed by atoms with Crippen molar-refractivity contribution in [2.24, 2.45) is 0 Å². The highest BCUT2D eigenvalue weighted by atomic mass is 79.9. The van der Waals surface area contributed by atoms with Crippen molar-refractivity contribution in [3.05, 3.63) is 58.3 Å². The van der Waals surface area contributed by atoms with Gasteiger partial charge in [-0.1, -0.05) is 34.1 Å². The van der Waals surface area contributed by atoms with Gasteiger partial charge in [0.25, 0.3) is 0 Å². The van der Waals surface area contributed by atoms with Gasteiger partial charge in [-0.2, -0.15) is 0 Å². The molecule has 0 saturated heterocycles. The Balaban J connectivity index is 1.67. The van der Waals surface area contributed by atoms with E-state index >= 15 is 0 Å². The summed E-state index contributed by atoms with van der Waals surface area (Å²) < 4.78 is 30.5. The third kappa shape index (κ3) is 5.00. The van der Waals surface area contributed by atoms with Gasteiger partial charge in [0.2, 0.25) is 0 Å². The number of ether oxygens (including phenoxy) is 3. The summed E-state index contributed by atoms with van der Waals surface area (Å²) in [5, 5.41) is 0. The molecule has 0 N–H and O–H groups in total. The number of hydrogen-bond donors (Lipinski definition) is 0. The van der Waals surface area contributed by atoms with E-state index in [9.17, 15) is 4.39 Å². The van der Waals surface area contributed by atoms with Crippen LogP contribution in [0.4, 0.5) is 4.39 Å². The van der Waals surface area contributed by atoms with Crippen molar-refractivity contribution in [2.45, 2.75) is 13.0 Å². The van der Waals surface area contributed by atoms with Gasteiger partial charge < -0.3 is 14.2 Å². The third-order valence-corrected chi connectivity index (χ3v) is 3.53. The van der Waals surface area contributed by atoms with Gasteiger partial charge in [0, 0.05) is 16.5 Å². The molecule has 3 nitrogen and oxygen atoms in total. The first kappa shape index (κ1) is 16.8. The molecular weight excluding hydrogens is 351 g/mol. The second-order valence-electron chi connectivity index (χ2n) is 4.64. The SMILES string of the molecule is COc1ccccc1COCCCOc1ccc(Br)cc1F. The van der Waals surface area contributed by atoms with Crippen LogP contribution in [0.2, 0.25) is 0 Å². The lowest BCUT2D eigenvalue weighted by atomic mass is 10.2. The van der Waals surface area contributed by atoms with E-state index in [4.69, 9.17) is 14.2 Å². The molecule has 5 heteroatoms. The van der Waals surface area contributed by atoms with Crippen LogP contribution in [0.5, 0.6) is 11.5 Å². The van der Waals surface area contributed by atoms with Crippen molar-refractivity contribution in [2.75, 3.05) is 20.3 Å². The lowest BCUT2D eigenvalue weighted by Crippen LogP contribution is -2.04. The van der Waals surface area contributed by atoms with Crippen molar-refractivity contribution in [3.8, 4) is 11.5 Å². The summed E-state index contributed by atoms with van der Waals surface area (Å²) in [5.74, 6) is 0.702. The normalized spacial score (nSPS) is 10.5. The average molecular weight is 369 g/mol. The molecule has 22 heavy (non-hydrogen) atoms. The fraction of sp³-hybridized carbons (Fsp3) is 0.294. The number of methoxy groups -OCH3 is 1. The first-order valence-electron chi connectivity index (χ1n) is 6.98. The lowest BCUT2D eigenvalue weighted by Gasteiger charge is -2.10. The summed E-state index contributed by atoms with van der Waals surface area (Å²) in [6, 6.07) is 12.5. The molecule has 0 radical (unpaired) electrons. The van der Waals surface area contributed by atoms with Crippen LogP contribution < -0.4 is 9.47 Å². The van der Waals surface area contributed by atoms with Crippen LogP contribution in [0.3, 0.4) is 0 Å². The summed E-state index contributed by atoms with van der Waals surface area (Å²) in [5.41, 5.74) is 1.00. The van der Waals surface area contributed by atoms with Gasteiger partial charge in [-0.05, 0) is 24.3 Å². The Kier molecular flexibility index (Phi) is 6.68. The molecule has 2 aromatic rings. The predicted octanol–water partition coefficient (Wildman–Crippen LogP) is 4.58. The Morgan fingerprint density at radius 3 is 2.64 bits per heavy atom. The van der Waals surface area contributed by atoms with Crippen LogP contribution in [-0.2, 0) is 11.3 Å². The van der Waals surface area contributed by atoms with Gasteiger partial charge in [-0.3, -0.25) is 0 Å². The number of halogens is 2. The monoisotopic (exact) mass is 368 g/mol. The molecule has 0 fully saturated rings. The maximum atomic E-state index is 13.5. The highest BCUT2D eigenvalue weighted by Gasteiger charge is 2.04. The average Bonchev–Trinajstić information content (AvgIpc) is 2.52. The predicted molar refractivity (Wildman–Crippen MR) is 86.9 cm³/mol. The van der Waals surface area contributed by atoms with Crippen molar-refractivity contribution in [3.63, 3.8) is 0 Å². The van der Waals surface area contributed by atoms with Crippen LogP contribution >= 0.6 is 15.9 Å². The second kappa shape index (κ2) is 8.76. The lowest BCUT2D eigenvalue weighted by molar-refractivity contribution is 0.105.